The summed E-state index contributed by atoms with van der Waals surface area (Å²) in [7, 11) is 1.31. The van der Waals surface area contributed by atoms with Crippen LogP contribution in [0.4, 0.5) is 0 Å². The van der Waals surface area contributed by atoms with E-state index in [9.17, 15) is 9.90 Å². The number of methoxy groups -OCH3 is 1. The second kappa shape index (κ2) is 7.82. The maximum Gasteiger partial charge on any atom is 0.338 e. The summed E-state index contributed by atoms with van der Waals surface area (Å²) in [5.74, 6) is -0.562. The number of nitrogens with one attached hydrogen (secondary N) is 1. The Balaban J connectivity index is 2.54. The lowest BCUT2D eigenvalue weighted by atomic mass is 10.1. The van der Waals surface area contributed by atoms with E-state index in [1.807, 2.05) is 0 Å². The second-order valence-electron chi connectivity index (χ2n) is 5.65. The maximum atomic E-state index is 11.6. The van der Waals surface area contributed by atoms with Crippen LogP contribution in [0.5, 0.6) is 0 Å². The van der Waals surface area contributed by atoms with Crippen molar-refractivity contribution in [3.63, 3.8) is 0 Å². The molecule has 0 saturated carbocycles. The van der Waals surface area contributed by atoms with Crippen LogP contribution >= 0.6 is 0 Å². The first-order valence-corrected chi connectivity index (χ1v) is 7.26. The van der Waals surface area contributed by atoms with Gasteiger partial charge in [0.2, 0.25) is 0 Å². The van der Waals surface area contributed by atoms with Gasteiger partial charge in [0.1, 0.15) is 0 Å². The number of carbonyl (C=O) groups excluding carboxylic acids is 1. The normalized spacial score (nSPS) is 22.5. The molecule has 1 rings (SSSR count). The number of nitrogens with zero attached hydrogens (tertiary/aromatic N) is 1. The summed E-state index contributed by atoms with van der Waals surface area (Å²) in [5.41, 5.74) is -1.43. The number of unbranched alkanes of at least 4 members (excludes halogenated alkanes) is 1. The molecule has 0 bridgehead atoms. The van der Waals surface area contributed by atoms with E-state index in [0.29, 0.717) is 12.6 Å². The molecule has 1 fully saturated rings. The van der Waals surface area contributed by atoms with Gasteiger partial charge in [0, 0.05) is 19.1 Å². The van der Waals surface area contributed by atoms with Gasteiger partial charge in [0.15, 0.2) is 5.60 Å². The monoisotopic (exact) mass is 272 g/mol. The summed E-state index contributed by atoms with van der Waals surface area (Å²) in [6.07, 6.45) is 4.56. The molecule has 0 aromatic rings. The third-order valence-corrected chi connectivity index (χ3v) is 3.63. The summed E-state index contributed by atoms with van der Waals surface area (Å²) in [4.78, 5) is 13.7. The minimum atomic E-state index is -1.43. The van der Waals surface area contributed by atoms with Crippen molar-refractivity contribution >= 4 is 5.97 Å². The summed E-state index contributed by atoms with van der Waals surface area (Å²) in [5, 5.41) is 13.6. The first-order chi connectivity index (χ1) is 8.99. The molecule has 0 aromatic heterocycles. The Morgan fingerprint density at radius 2 is 2.32 bits per heavy atom. The molecule has 0 aromatic carbocycles. The molecule has 1 aliphatic heterocycles. The third-order valence-electron chi connectivity index (χ3n) is 3.63. The van der Waals surface area contributed by atoms with E-state index in [1.165, 1.54) is 26.9 Å². The Morgan fingerprint density at radius 1 is 1.58 bits per heavy atom. The lowest BCUT2D eigenvalue weighted by Gasteiger charge is -2.31. The predicted octanol–water partition coefficient (Wildman–Crippen LogP) is 0.765. The molecule has 2 N–H and O–H groups in total. The lowest BCUT2D eigenvalue weighted by molar-refractivity contribution is -0.162. The van der Waals surface area contributed by atoms with E-state index in [2.05, 4.69) is 21.9 Å². The number of carbonyl (C=O) groups is 1. The molecule has 1 aliphatic rings. The van der Waals surface area contributed by atoms with Crippen molar-refractivity contribution in [3.05, 3.63) is 0 Å². The van der Waals surface area contributed by atoms with Gasteiger partial charge in [-0.2, -0.15) is 0 Å². The van der Waals surface area contributed by atoms with Gasteiger partial charge in [-0.05, 0) is 39.3 Å². The van der Waals surface area contributed by atoms with Crippen LogP contribution in [-0.4, -0.2) is 60.9 Å². The standard InChI is InChI=1S/C14H28N2O3/c1-4-5-9-16(10-12-7-6-8-15-12)11-14(2,18)13(17)19-3/h12,15,18H,4-11H2,1-3H3. The highest BCUT2D eigenvalue weighted by atomic mass is 16.5. The zero-order valence-electron chi connectivity index (χ0n) is 12.4. The molecule has 112 valence electrons. The molecule has 2 atom stereocenters. The smallest absolute Gasteiger partial charge is 0.338 e. The van der Waals surface area contributed by atoms with Crippen LogP contribution in [0.1, 0.15) is 39.5 Å². The average molecular weight is 272 g/mol. The van der Waals surface area contributed by atoms with Crippen molar-refractivity contribution < 1.29 is 14.6 Å². The molecular weight excluding hydrogens is 244 g/mol. The van der Waals surface area contributed by atoms with Crippen LogP contribution in [-0.2, 0) is 9.53 Å². The predicted molar refractivity (Wildman–Crippen MR) is 75.0 cm³/mol. The average Bonchev–Trinajstić information content (AvgIpc) is 2.87. The minimum absolute atomic E-state index is 0.331. The number of hydrogen-bond donors (Lipinski definition) is 2. The summed E-state index contributed by atoms with van der Waals surface area (Å²) >= 11 is 0. The number of esters is 1. The molecule has 0 spiro atoms. The fourth-order valence-corrected chi connectivity index (χ4v) is 2.56. The van der Waals surface area contributed by atoms with Crippen LogP contribution in [0.25, 0.3) is 0 Å². The molecule has 1 heterocycles. The zero-order valence-corrected chi connectivity index (χ0v) is 12.4. The topological polar surface area (TPSA) is 61.8 Å². The molecule has 5 nitrogen and oxygen atoms in total. The quantitative estimate of drug-likeness (QED) is 0.639. The maximum absolute atomic E-state index is 11.6. The number of hydrogen-bond acceptors (Lipinski definition) is 5. The Bertz CT molecular complexity index is 276. The first kappa shape index (κ1) is 16.4. The van der Waals surface area contributed by atoms with Gasteiger partial charge < -0.3 is 15.2 Å². The van der Waals surface area contributed by atoms with Gasteiger partial charge in [-0.25, -0.2) is 4.79 Å². The van der Waals surface area contributed by atoms with Gasteiger partial charge in [-0.1, -0.05) is 13.3 Å². The number of aliphatic hydroxyl groups is 1. The van der Waals surface area contributed by atoms with Gasteiger partial charge in [0.05, 0.1) is 7.11 Å². The van der Waals surface area contributed by atoms with E-state index in [4.69, 9.17) is 0 Å². The van der Waals surface area contributed by atoms with Gasteiger partial charge in [0.25, 0.3) is 0 Å². The minimum Gasteiger partial charge on any atom is -0.467 e. The lowest BCUT2D eigenvalue weighted by Crippen LogP contribution is -2.50. The fourth-order valence-electron chi connectivity index (χ4n) is 2.56. The van der Waals surface area contributed by atoms with Crippen LogP contribution in [0.15, 0.2) is 0 Å². The molecule has 2 unspecified atom stereocenters. The van der Waals surface area contributed by atoms with Crippen LogP contribution in [0, 0.1) is 0 Å². The van der Waals surface area contributed by atoms with Crippen molar-refractivity contribution in [1.29, 1.82) is 0 Å². The van der Waals surface area contributed by atoms with Crippen molar-refractivity contribution in [2.75, 3.05) is 33.3 Å². The largest absolute Gasteiger partial charge is 0.467 e. The molecule has 0 radical (unpaired) electrons. The molecule has 19 heavy (non-hydrogen) atoms. The number of rotatable bonds is 8. The third kappa shape index (κ3) is 5.47. The first-order valence-electron chi connectivity index (χ1n) is 7.26. The SMILES string of the molecule is CCCCN(CC1CCCN1)CC(C)(O)C(=O)OC. The molecule has 5 heteroatoms. The zero-order chi connectivity index (χ0) is 14.3. The Kier molecular flexibility index (Phi) is 6.75. The summed E-state index contributed by atoms with van der Waals surface area (Å²) < 4.78 is 4.66. The van der Waals surface area contributed by atoms with Gasteiger partial charge in [-0.15, -0.1) is 0 Å². The second-order valence-corrected chi connectivity index (χ2v) is 5.65. The highest BCUT2D eigenvalue weighted by molar-refractivity contribution is 5.78. The Morgan fingerprint density at radius 3 is 2.84 bits per heavy atom. The molecule has 0 aliphatic carbocycles. The van der Waals surface area contributed by atoms with Gasteiger partial charge in [-0.3, -0.25) is 4.90 Å². The van der Waals surface area contributed by atoms with E-state index in [-0.39, 0.29) is 0 Å². The van der Waals surface area contributed by atoms with Gasteiger partial charge >= 0.3 is 5.97 Å². The highest BCUT2D eigenvalue weighted by Crippen LogP contribution is 2.13. The van der Waals surface area contributed by atoms with E-state index < -0.39 is 11.6 Å². The van der Waals surface area contributed by atoms with E-state index in [0.717, 1.165) is 32.5 Å². The van der Waals surface area contributed by atoms with Crippen LogP contribution < -0.4 is 5.32 Å². The van der Waals surface area contributed by atoms with Crippen molar-refractivity contribution in [2.45, 2.75) is 51.2 Å². The summed E-state index contributed by atoms with van der Waals surface area (Å²) in [6, 6.07) is 0.477. The molecule has 0 amide bonds. The molecular formula is C14H28N2O3. The Labute approximate surface area is 116 Å². The summed E-state index contributed by atoms with van der Waals surface area (Å²) in [6.45, 7) is 6.86. The fraction of sp³-hybridized carbons (Fsp3) is 0.929. The highest BCUT2D eigenvalue weighted by Gasteiger charge is 2.34. The van der Waals surface area contributed by atoms with E-state index in [1.54, 1.807) is 0 Å². The van der Waals surface area contributed by atoms with Crippen molar-refractivity contribution in [2.24, 2.45) is 0 Å². The van der Waals surface area contributed by atoms with Crippen LogP contribution in [0.3, 0.4) is 0 Å². The van der Waals surface area contributed by atoms with Crippen molar-refractivity contribution in [1.82, 2.24) is 10.2 Å². The van der Waals surface area contributed by atoms with Crippen molar-refractivity contribution in [3.8, 4) is 0 Å². The van der Waals surface area contributed by atoms with E-state index >= 15 is 0 Å². The molecule has 1 saturated heterocycles. The Hall–Kier alpha value is -0.650. The van der Waals surface area contributed by atoms with Crippen LogP contribution in [0.2, 0.25) is 0 Å². The number of ether oxygens (including phenoxy) is 1.